The monoisotopic (exact) mass is 314 g/mol. The van der Waals surface area contributed by atoms with Gasteiger partial charge in [-0.1, -0.05) is 11.6 Å². The van der Waals surface area contributed by atoms with Gasteiger partial charge in [-0.05, 0) is 19.9 Å². The highest BCUT2D eigenvalue weighted by Gasteiger charge is 2.32. The molecule has 1 aromatic heterocycles. The van der Waals surface area contributed by atoms with E-state index in [1.54, 1.807) is 7.05 Å². The molecule has 0 spiro atoms. The van der Waals surface area contributed by atoms with Crippen LogP contribution in [0.25, 0.3) is 0 Å². The Morgan fingerprint density at radius 1 is 1.43 bits per heavy atom. The third-order valence-electron chi connectivity index (χ3n) is 4.00. The van der Waals surface area contributed by atoms with Crippen molar-refractivity contribution in [2.75, 3.05) is 13.6 Å². The summed E-state index contributed by atoms with van der Waals surface area (Å²) in [5.41, 5.74) is 0.333. The first-order valence-corrected chi connectivity index (χ1v) is 7.17. The lowest BCUT2D eigenvalue weighted by Crippen LogP contribution is -2.41. The van der Waals surface area contributed by atoms with Crippen molar-refractivity contribution in [1.82, 2.24) is 20.0 Å². The second-order valence-electron chi connectivity index (χ2n) is 5.32. The van der Waals surface area contributed by atoms with Crippen LogP contribution >= 0.6 is 11.6 Å². The van der Waals surface area contributed by atoms with Crippen LogP contribution in [0.5, 0.6) is 0 Å². The summed E-state index contributed by atoms with van der Waals surface area (Å²) in [6.07, 6.45) is 3.26. The number of carbonyl (C=O) groups excluding carboxylic acids is 1. The van der Waals surface area contributed by atoms with E-state index in [4.69, 9.17) is 16.7 Å². The van der Waals surface area contributed by atoms with Gasteiger partial charge in [-0.15, -0.1) is 0 Å². The first-order valence-electron chi connectivity index (χ1n) is 6.79. The summed E-state index contributed by atoms with van der Waals surface area (Å²) < 4.78 is 1.43. The standard InChI is InChI=1S/C13H19ClN4O3/c1-17-8(5-11(19)20)3-4-9(17)6-15-13(21)12-10(14)7-16-18(12)2/h7-9H,3-6H2,1-2H3,(H,15,21)(H,19,20)/t8-,9+/m1/s1. The predicted octanol–water partition coefficient (Wildman–Crippen LogP) is 0.741. The molecule has 0 bridgehead atoms. The van der Waals surface area contributed by atoms with Crippen molar-refractivity contribution in [3.63, 3.8) is 0 Å². The number of likely N-dealkylation sites (N-methyl/N-ethyl adjacent to an activating group) is 1. The van der Waals surface area contributed by atoms with Crippen molar-refractivity contribution in [3.8, 4) is 0 Å². The Morgan fingerprint density at radius 3 is 2.67 bits per heavy atom. The zero-order valence-electron chi connectivity index (χ0n) is 12.0. The number of rotatable bonds is 5. The average Bonchev–Trinajstić information content (AvgIpc) is 2.91. The van der Waals surface area contributed by atoms with E-state index in [2.05, 4.69) is 10.4 Å². The molecule has 21 heavy (non-hydrogen) atoms. The largest absolute Gasteiger partial charge is 0.481 e. The van der Waals surface area contributed by atoms with Gasteiger partial charge in [-0.2, -0.15) is 5.10 Å². The summed E-state index contributed by atoms with van der Waals surface area (Å²) in [6.45, 7) is 0.465. The maximum absolute atomic E-state index is 12.1. The molecule has 0 aromatic carbocycles. The molecule has 2 rings (SSSR count). The molecule has 1 aromatic rings. The highest BCUT2D eigenvalue weighted by atomic mass is 35.5. The van der Waals surface area contributed by atoms with E-state index in [0.717, 1.165) is 12.8 Å². The smallest absolute Gasteiger partial charge is 0.304 e. The van der Waals surface area contributed by atoms with Gasteiger partial charge in [0.2, 0.25) is 0 Å². The van der Waals surface area contributed by atoms with Crippen LogP contribution in [0.3, 0.4) is 0 Å². The van der Waals surface area contributed by atoms with Gasteiger partial charge >= 0.3 is 5.97 Å². The van der Waals surface area contributed by atoms with Gasteiger partial charge < -0.3 is 10.4 Å². The second-order valence-corrected chi connectivity index (χ2v) is 5.73. The molecular formula is C13H19ClN4O3. The van der Waals surface area contributed by atoms with Crippen LogP contribution in [-0.2, 0) is 11.8 Å². The summed E-state index contributed by atoms with van der Waals surface area (Å²) >= 11 is 5.92. The maximum atomic E-state index is 12.1. The van der Waals surface area contributed by atoms with E-state index in [1.165, 1.54) is 10.9 Å². The van der Waals surface area contributed by atoms with Gasteiger partial charge in [-0.25, -0.2) is 0 Å². The lowest BCUT2D eigenvalue weighted by molar-refractivity contribution is -0.138. The van der Waals surface area contributed by atoms with Crippen molar-refractivity contribution in [2.45, 2.75) is 31.3 Å². The number of carbonyl (C=O) groups is 2. The number of halogens is 1. The minimum absolute atomic E-state index is 0.0321. The lowest BCUT2D eigenvalue weighted by atomic mass is 10.1. The maximum Gasteiger partial charge on any atom is 0.304 e. The molecule has 7 nitrogen and oxygen atoms in total. The molecule has 1 saturated heterocycles. The molecule has 1 aliphatic rings. The summed E-state index contributed by atoms with van der Waals surface area (Å²) in [7, 11) is 3.56. The van der Waals surface area contributed by atoms with Crippen molar-refractivity contribution >= 4 is 23.5 Å². The fourth-order valence-corrected chi connectivity index (χ4v) is 3.00. The lowest BCUT2D eigenvalue weighted by Gasteiger charge is -2.25. The number of nitrogens with zero attached hydrogens (tertiary/aromatic N) is 3. The highest BCUT2D eigenvalue weighted by Crippen LogP contribution is 2.24. The Balaban J connectivity index is 1.89. The molecule has 1 amide bonds. The fraction of sp³-hybridized carbons (Fsp3) is 0.615. The number of hydrogen-bond donors (Lipinski definition) is 2. The number of carboxylic acids is 1. The van der Waals surface area contributed by atoms with Crippen LogP contribution in [0, 0.1) is 0 Å². The SMILES string of the molecule is CN1[C@@H](CC(=O)O)CC[C@H]1CNC(=O)c1c(Cl)cnn1C. The van der Waals surface area contributed by atoms with Crippen molar-refractivity contribution in [2.24, 2.45) is 7.05 Å². The number of amides is 1. The summed E-state index contributed by atoms with van der Waals surface area (Å²) in [5.74, 6) is -1.06. The minimum Gasteiger partial charge on any atom is -0.481 e. The molecule has 116 valence electrons. The number of aliphatic carboxylic acids is 1. The third kappa shape index (κ3) is 3.54. The summed E-state index contributed by atoms with van der Waals surface area (Å²) in [6, 6.07) is 0.176. The predicted molar refractivity (Wildman–Crippen MR) is 77.4 cm³/mol. The number of hydrogen-bond acceptors (Lipinski definition) is 4. The third-order valence-corrected chi connectivity index (χ3v) is 4.28. The molecule has 0 aliphatic carbocycles. The number of aromatic nitrogens is 2. The Morgan fingerprint density at radius 2 is 2.10 bits per heavy atom. The van der Waals surface area contributed by atoms with Crippen LogP contribution in [-0.4, -0.2) is 57.3 Å². The first kappa shape index (κ1) is 15.8. The normalized spacial score (nSPS) is 22.4. The zero-order valence-corrected chi connectivity index (χ0v) is 12.8. The molecule has 0 unspecified atom stereocenters. The molecule has 2 heterocycles. The van der Waals surface area contributed by atoms with Crippen LogP contribution in [0.1, 0.15) is 29.8 Å². The zero-order chi connectivity index (χ0) is 15.6. The van der Waals surface area contributed by atoms with E-state index in [0.29, 0.717) is 17.3 Å². The van der Waals surface area contributed by atoms with Gasteiger partial charge in [0.15, 0.2) is 0 Å². The molecule has 2 N–H and O–H groups in total. The fourth-order valence-electron chi connectivity index (χ4n) is 2.74. The van der Waals surface area contributed by atoms with Crippen LogP contribution in [0.2, 0.25) is 5.02 Å². The molecule has 0 saturated carbocycles. The Bertz CT molecular complexity index is 526. The van der Waals surface area contributed by atoms with E-state index >= 15 is 0 Å². The molecule has 2 atom stereocenters. The Hall–Kier alpha value is -1.60. The van der Waals surface area contributed by atoms with Crippen LogP contribution in [0.4, 0.5) is 0 Å². The van der Waals surface area contributed by atoms with Gasteiger partial charge in [-0.3, -0.25) is 19.2 Å². The van der Waals surface area contributed by atoms with E-state index in [9.17, 15) is 9.59 Å². The topological polar surface area (TPSA) is 87.5 Å². The van der Waals surface area contributed by atoms with Crippen molar-refractivity contribution in [1.29, 1.82) is 0 Å². The Kier molecular flexibility index (Phi) is 4.84. The average molecular weight is 315 g/mol. The number of likely N-dealkylation sites (tertiary alicyclic amines) is 1. The molecule has 0 radical (unpaired) electrons. The second kappa shape index (κ2) is 6.44. The number of nitrogens with one attached hydrogen (secondary N) is 1. The van der Waals surface area contributed by atoms with E-state index in [1.807, 2.05) is 11.9 Å². The van der Waals surface area contributed by atoms with Crippen LogP contribution in [0.15, 0.2) is 6.20 Å². The highest BCUT2D eigenvalue weighted by molar-refractivity contribution is 6.33. The van der Waals surface area contributed by atoms with E-state index < -0.39 is 5.97 Å². The van der Waals surface area contributed by atoms with Gasteiger partial charge in [0.25, 0.3) is 5.91 Å². The van der Waals surface area contributed by atoms with Crippen LogP contribution < -0.4 is 5.32 Å². The number of aryl methyl sites for hydroxylation is 1. The van der Waals surface area contributed by atoms with Gasteiger partial charge in [0.05, 0.1) is 17.6 Å². The first-order chi connectivity index (χ1) is 9.90. The van der Waals surface area contributed by atoms with E-state index in [-0.39, 0.29) is 24.4 Å². The van der Waals surface area contributed by atoms with Gasteiger partial charge in [0, 0.05) is 25.7 Å². The quantitative estimate of drug-likeness (QED) is 0.837. The minimum atomic E-state index is -0.793. The van der Waals surface area contributed by atoms with Gasteiger partial charge in [0.1, 0.15) is 5.69 Å². The summed E-state index contributed by atoms with van der Waals surface area (Å²) in [5, 5.41) is 15.9. The Labute approximate surface area is 127 Å². The molecule has 1 aliphatic heterocycles. The molecule has 8 heteroatoms. The molecular weight excluding hydrogens is 296 g/mol. The summed E-state index contributed by atoms with van der Waals surface area (Å²) in [4.78, 5) is 24.9. The molecule has 1 fully saturated rings. The van der Waals surface area contributed by atoms with Crippen molar-refractivity contribution in [3.05, 3.63) is 16.9 Å². The van der Waals surface area contributed by atoms with Crippen molar-refractivity contribution < 1.29 is 14.7 Å². The number of carboxylic acid groups (broad SMARTS) is 1.